The number of nitrogens with zero attached hydrogens (tertiary/aromatic N) is 1. The summed E-state index contributed by atoms with van der Waals surface area (Å²) in [6.07, 6.45) is 1.51. The van der Waals surface area contributed by atoms with Crippen molar-refractivity contribution < 1.29 is 8.42 Å². The third kappa shape index (κ3) is 3.26. The van der Waals surface area contributed by atoms with E-state index < -0.39 is 10.0 Å². The Hall–Kier alpha value is -1.11. The first-order chi connectivity index (χ1) is 9.04. The van der Waals surface area contributed by atoms with Gasteiger partial charge in [0, 0.05) is 12.1 Å². The molecule has 0 radical (unpaired) electrons. The fraction of sp³-hybridized carbons (Fsp3) is 0.0833. The van der Waals surface area contributed by atoms with Gasteiger partial charge in [-0.2, -0.15) is 0 Å². The van der Waals surface area contributed by atoms with Crippen molar-refractivity contribution in [1.29, 1.82) is 0 Å². The van der Waals surface area contributed by atoms with Gasteiger partial charge in [-0.1, -0.05) is 18.2 Å². The molecule has 2 aromatic rings. The zero-order valence-corrected chi connectivity index (χ0v) is 12.8. The van der Waals surface area contributed by atoms with Crippen molar-refractivity contribution in [2.24, 2.45) is 0 Å². The van der Waals surface area contributed by atoms with Gasteiger partial charge in [-0.25, -0.2) is 13.4 Å². The zero-order chi connectivity index (χ0) is 13.9. The molecule has 0 bridgehead atoms. The number of anilines is 1. The van der Waals surface area contributed by atoms with Crippen LogP contribution in [0.25, 0.3) is 0 Å². The highest BCUT2D eigenvalue weighted by Gasteiger charge is 2.19. The van der Waals surface area contributed by atoms with Crippen LogP contribution in [0.15, 0.2) is 52.0 Å². The van der Waals surface area contributed by atoms with Crippen LogP contribution in [-0.4, -0.2) is 13.4 Å². The summed E-state index contributed by atoms with van der Waals surface area (Å²) in [4.78, 5) is 4.13. The lowest BCUT2D eigenvalue weighted by Gasteiger charge is -2.11. The highest BCUT2D eigenvalue weighted by molar-refractivity contribution is 9.10. The predicted octanol–water partition coefficient (Wildman–Crippen LogP) is 3.38. The fourth-order valence-electron chi connectivity index (χ4n) is 1.52. The molecular weight excluding hydrogens is 352 g/mol. The lowest BCUT2D eigenvalue weighted by atomic mass is 10.2. The quantitative estimate of drug-likeness (QED) is 0.849. The van der Waals surface area contributed by atoms with E-state index in [2.05, 4.69) is 25.6 Å². The Balaban J connectivity index is 2.41. The SMILES string of the molecule is O=S(=O)(Nc1ncccc1Br)c1ccccc1CCl. The molecule has 0 amide bonds. The van der Waals surface area contributed by atoms with Gasteiger partial charge in [0.05, 0.1) is 9.37 Å². The van der Waals surface area contributed by atoms with Crippen LogP contribution < -0.4 is 4.72 Å². The first-order valence-corrected chi connectivity index (χ1v) is 8.13. The third-order valence-corrected chi connectivity index (χ3v) is 4.76. The Labute approximate surface area is 125 Å². The lowest BCUT2D eigenvalue weighted by molar-refractivity contribution is 0.600. The van der Waals surface area contributed by atoms with Gasteiger partial charge >= 0.3 is 0 Å². The molecule has 0 aliphatic heterocycles. The number of hydrogen-bond donors (Lipinski definition) is 1. The minimum atomic E-state index is -3.71. The predicted molar refractivity (Wildman–Crippen MR) is 78.7 cm³/mol. The van der Waals surface area contributed by atoms with Crippen LogP contribution in [0, 0.1) is 0 Å². The van der Waals surface area contributed by atoms with E-state index >= 15 is 0 Å². The zero-order valence-electron chi connectivity index (χ0n) is 9.68. The normalized spacial score (nSPS) is 11.3. The summed E-state index contributed by atoms with van der Waals surface area (Å²) in [5, 5.41) is 0. The van der Waals surface area contributed by atoms with Crippen molar-refractivity contribution in [1.82, 2.24) is 4.98 Å². The number of nitrogens with one attached hydrogen (secondary N) is 1. The second-order valence-corrected chi connectivity index (χ2v) is 6.45. The molecule has 1 aromatic carbocycles. The molecule has 19 heavy (non-hydrogen) atoms. The minimum Gasteiger partial charge on any atom is -0.262 e. The molecule has 0 saturated heterocycles. The second kappa shape index (κ2) is 5.90. The summed E-state index contributed by atoms with van der Waals surface area (Å²) in [7, 11) is -3.71. The molecule has 7 heteroatoms. The van der Waals surface area contributed by atoms with Crippen LogP contribution in [0.5, 0.6) is 0 Å². The van der Waals surface area contributed by atoms with E-state index in [4.69, 9.17) is 11.6 Å². The number of aromatic nitrogens is 1. The summed E-state index contributed by atoms with van der Waals surface area (Å²) in [5.74, 6) is 0.368. The topological polar surface area (TPSA) is 59.1 Å². The Morgan fingerprint density at radius 3 is 2.63 bits per heavy atom. The molecule has 4 nitrogen and oxygen atoms in total. The van der Waals surface area contributed by atoms with E-state index in [1.807, 2.05) is 0 Å². The number of rotatable bonds is 4. The summed E-state index contributed by atoms with van der Waals surface area (Å²) in [5.41, 5.74) is 0.545. The molecule has 1 N–H and O–H groups in total. The largest absolute Gasteiger partial charge is 0.263 e. The molecular formula is C12H10BrClN2O2S. The number of sulfonamides is 1. The number of hydrogen-bond acceptors (Lipinski definition) is 3. The van der Waals surface area contributed by atoms with Gasteiger partial charge in [0.25, 0.3) is 10.0 Å². The van der Waals surface area contributed by atoms with Crippen molar-refractivity contribution >= 4 is 43.4 Å². The van der Waals surface area contributed by atoms with Gasteiger partial charge in [-0.05, 0) is 39.7 Å². The Bertz CT molecular complexity index is 692. The van der Waals surface area contributed by atoms with Crippen molar-refractivity contribution in [3.8, 4) is 0 Å². The maximum atomic E-state index is 12.3. The lowest BCUT2D eigenvalue weighted by Crippen LogP contribution is -2.15. The van der Waals surface area contributed by atoms with Crippen molar-refractivity contribution in [3.63, 3.8) is 0 Å². The third-order valence-electron chi connectivity index (χ3n) is 2.40. The van der Waals surface area contributed by atoms with E-state index in [1.165, 1.54) is 12.3 Å². The molecule has 0 spiro atoms. The Morgan fingerprint density at radius 2 is 1.95 bits per heavy atom. The number of halogens is 2. The van der Waals surface area contributed by atoms with E-state index in [9.17, 15) is 8.42 Å². The molecule has 2 rings (SSSR count). The highest BCUT2D eigenvalue weighted by atomic mass is 79.9. The molecule has 0 fully saturated rings. The number of benzene rings is 1. The van der Waals surface area contributed by atoms with Crippen LogP contribution in [0.1, 0.15) is 5.56 Å². The van der Waals surface area contributed by atoms with Crippen molar-refractivity contribution in [2.45, 2.75) is 10.8 Å². The number of alkyl halides is 1. The smallest absolute Gasteiger partial charge is 0.262 e. The van der Waals surface area contributed by atoms with Gasteiger partial charge in [-0.15, -0.1) is 11.6 Å². The van der Waals surface area contributed by atoms with E-state index in [0.717, 1.165) is 0 Å². The Morgan fingerprint density at radius 1 is 1.21 bits per heavy atom. The summed E-state index contributed by atoms with van der Waals surface area (Å²) in [6, 6.07) is 9.99. The molecule has 0 saturated carbocycles. The van der Waals surface area contributed by atoms with Gasteiger partial charge in [0.1, 0.15) is 0 Å². The highest BCUT2D eigenvalue weighted by Crippen LogP contribution is 2.24. The summed E-state index contributed by atoms with van der Waals surface area (Å²) < 4.78 is 27.6. The average Bonchev–Trinajstić information content (AvgIpc) is 2.41. The first kappa shape index (κ1) is 14.3. The van der Waals surface area contributed by atoms with Crippen LogP contribution in [-0.2, 0) is 15.9 Å². The van der Waals surface area contributed by atoms with Crippen LogP contribution in [0.3, 0.4) is 0 Å². The molecule has 0 aliphatic rings. The Kier molecular flexibility index (Phi) is 4.44. The molecule has 100 valence electrons. The maximum Gasteiger partial charge on any atom is 0.263 e. The first-order valence-electron chi connectivity index (χ1n) is 5.32. The molecule has 1 heterocycles. The van der Waals surface area contributed by atoms with Gasteiger partial charge in [0.2, 0.25) is 0 Å². The average molecular weight is 362 g/mol. The fourth-order valence-corrected chi connectivity index (χ4v) is 3.59. The molecule has 0 unspecified atom stereocenters. The van der Waals surface area contributed by atoms with Gasteiger partial charge in [-0.3, -0.25) is 4.72 Å². The standard InChI is InChI=1S/C12H10BrClN2O2S/c13-10-5-3-7-15-12(10)16-19(17,18)11-6-2-1-4-9(11)8-14/h1-7H,8H2,(H,15,16). The number of pyridine rings is 1. The van der Waals surface area contributed by atoms with E-state index in [0.29, 0.717) is 10.0 Å². The van der Waals surface area contributed by atoms with Gasteiger partial charge in [0.15, 0.2) is 5.82 Å². The van der Waals surface area contributed by atoms with Crippen LogP contribution in [0.2, 0.25) is 0 Å². The van der Waals surface area contributed by atoms with Crippen LogP contribution in [0.4, 0.5) is 5.82 Å². The maximum absolute atomic E-state index is 12.3. The van der Waals surface area contributed by atoms with Gasteiger partial charge < -0.3 is 0 Å². The van der Waals surface area contributed by atoms with Crippen molar-refractivity contribution in [3.05, 3.63) is 52.6 Å². The van der Waals surface area contributed by atoms with Crippen LogP contribution >= 0.6 is 27.5 Å². The second-order valence-electron chi connectivity index (χ2n) is 3.68. The minimum absolute atomic E-state index is 0.125. The molecule has 0 atom stereocenters. The monoisotopic (exact) mass is 360 g/mol. The van der Waals surface area contributed by atoms with E-state index in [-0.39, 0.29) is 16.6 Å². The molecule has 1 aromatic heterocycles. The molecule has 0 aliphatic carbocycles. The van der Waals surface area contributed by atoms with Crippen molar-refractivity contribution in [2.75, 3.05) is 4.72 Å². The summed E-state index contributed by atoms with van der Waals surface area (Å²) in [6.45, 7) is 0. The van der Waals surface area contributed by atoms with E-state index in [1.54, 1.807) is 30.3 Å². The summed E-state index contributed by atoms with van der Waals surface area (Å²) >= 11 is 9.00.